The molecule has 0 atom stereocenters. The van der Waals surface area contributed by atoms with Gasteiger partial charge in [0.25, 0.3) is 10.0 Å². The Morgan fingerprint density at radius 3 is 2.76 bits per heavy atom. The van der Waals surface area contributed by atoms with Crippen LogP contribution in [0.3, 0.4) is 0 Å². The van der Waals surface area contributed by atoms with Gasteiger partial charge in [0, 0.05) is 19.2 Å². The minimum absolute atomic E-state index is 0.0391. The van der Waals surface area contributed by atoms with Crippen molar-refractivity contribution < 1.29 is 18.0 Å². The zero-order chi connectivity index (χ0) is 15.6. The number of carbonyl (C=O) groups excluding carboxylic acids is 1. The molecule has 6 nitrogen and oxygen atoms in total. The van der Waals surface area contributed by atoms with Gasteiger partial charge in [-0.1, -0.05) is 18.7 Å². The zero-order valence-electron chi connectivity index (χ0n) is 12.4. The number of anilines is 1. The number of nitrogens with zero attached hydrogens (tertiary/aromatic N) is 1. The van der Waals surface area contributed by atoms with E-state index < -0.39 is 10.0 Å². The van der Waals surface area contributed by atoms with Crippen molar-refractivity contribution in [2.45, 2.75) is 32.1 Å². The van der Waals surface area contributed by atoms with Gasteiger partial charge in [0.15, 0.2) is 0 Å². The summed E-state index contributed by atoms with van der Waals surface area (Å²) in [5.74, 6) is 0.194. The standard InChI is InChI=1S/C14H20N2O4S/c1-10(2)9-20-15-21(18,19)13-4-5-14-12(8-13)6-7-16(14)11(3)17/h4-5,8,10,15H,6-7,9H2,1-3H3. The average Bonchev–Trinajstić information content (AvgIpc) is 2.80. The van der Waals surface area contributed by atoms with Gasteiger partial charge < -0.3 is 4.90 Å². The lowest BCUT2D eigenvalue weighted by Crippen LogP contribution is -2.26. The Labute approximate surface area is 125 Å². The van der Waals surface area contributed by atoms with Crippen LogP contribution in [-0.4, -0.2) is 27.5 Å². The first-order valence-corrected chi connectivity index (χ1v) is 8.34. The smallest absolute Gasteiger partial charge is 0.262 e. The van der Waals surface area contributed by atoms with E-state index in [2.05, 4.69) is 4.89 Å². The highest BCUT2D eigenvalue weighted by molar-refractivity contribution is 7.89. The summed E-state index contributed by atoms with van der Waals surface area (Å²) in [5.41, 5.74) is 1.64. The first kappa shape index (κ1) is 15.9. The van der Waals surface area contributed by atoms with Crippen molar-refractivity contribution in [3.05, 3.63) is 23.8 Å². The summed E-state index contributed by atoms with van der Waals surface area (Å²) < 4.78 is 24.2. The van der Waals surface area contributed by atoms with E-state index in [4.69, 9.17) is 4.84 Å². The van der Waals surface area contributed by atoms with E-state index in [0.29, 0.717) is 19.6 Å². The molecule has 0 bridgehead atoms. The van der Waals surface area contributed by atoms with Crippen molar-refractivity contribution in [3.63, 3.8) is 0 Å². The van der Waals surface area contributed by atoms with Gasteiger partial charge in [0.1, 0.15) is 0 Å². The second kappa shape index (κ2) is 6.13. The van der Waals surface area contributed by atoms with E-state index in [9.17, 15) is 13.2 Å². The van der Waals surface area contributed by atoms with Crippen molar-refractivity contribution in [1.82, 2.24) is 4.89 Å². The lowest BCUT2D eigenvalue weighted by molar-refractivity contribution is -0.116. The van der Waals surface area contributed by atoms with Crippen LogP contribution in [0.4, 0.5) is 5.69 Å². The molecule has 1 N–H and O–H groups in total. The van der Waals surface area contributed by atoms with Gasteiger partial charge in [-0.05, 0) is 36.1 Å². The summed E-state index contributed by atoms with van der Waals surface area (Å²) in [4.78, 5) is 20.4. The molecular weight excluding hydrogens is 292 g/mol. The molecule has 0 saturated carbocycles. The van der Waals surface area contributed by atoms with Crippen molar-refractivity contribution >= 4 is 21.6 Å². The van der Waals surface area contributed by atoms with Crippen LogP contribution in [-0.2, 0) is 26.1 Å². The van der Waals surface area contributed by atoms with Gasteiger partial charge in [0.05, 0.1) is 11.5 Å². The minimum Gasteiger partial charge on any atom is -0.312 e. The second-order valence-corrected chi connectivity index (χ2v) is 7.15. The monoisotopic (exact) mass is 312 g/mol. The maximum atomic E-state index is 12.1. The van der Waals surface area contributed by atoms with E-state index in [-0.39, 0.29) is 16.7 Å². The van der Waals surface area contributed by atoms with Crippen LogP contribution >= 0.6 is 0 Å². The number of benzene rings is 1. The van der Waals surface area contributed by atoms with Crippen LogP contribution in [0.15, 0.2) is 23.1 Å². The molecule has 0 saturated heterocycles. The largest absolute Gasteiger partial charge is 0.312 e. The van der Waals surface area contributed by atoms with E-state index >= 15 is 0 Å². The predicted molar refractivity (Wildman–Crippen MR) is 79.3 cm³/mol. The van der Waals surface area contributed by atoms with Crippen LogP contribution in [0, 0.1) is 5.92 Å². The molecule has 0 fully saturated rings. The Morgan fingerprint density at radius 1 is 1.43 bits per heavy atom. The van der Waals surface area contributed by atoms with Crippen LogP contribution in [0.5, 0.6) is 0 Å². The van der Waals surface area contributed by atoms with Crippen LogP contribution < -0.4 is 9.79 Å². The molecule has 7 heteroatoms. The fourth-order valence-electron chi connectivity index (χ4n) is 2.20. The molecule has 0 spiro atoms. The quantitative estimate of drug-likeness (QED) is 0.835. The number of hydrogen-bond acceptors (Lipinski definition) is 4. The molecule has 2 rings (SSSR count). The third kappa shape index (κ3) is 3.61. The third-order valence-electron chi connectivity index (χ3n) is 3.22. The molecule has 1 heterocycles. The fraction of sp³-hybridized carbons (Fsp3) is 0.500. The van der Waals surface area contributed by atoms with Gasteiger partial charge in [0.2, 0.25) is 5.91 Å². The number of fused-ring (bicyclic) bond motifs is 1. The summed E-state index contributed by atoms with van der Waals surface area (Å²) >= 11 is 0. The summed E-state index contributed by atoms with van der Waals surface area (Å²) in [5, 5.41) is 0. The molecule has 0 aliphatic carbocycles. The Balaban J connectivity index is 2.17. The van der Waals surface area contributed by atoms with Crippen LogP contribution in [0.25, 0.3) is 0 Å². The summed E-state index contributed by atoms with van der Waals surface area (Å²) in [6.45, 7) is 6.26. The third-order valence-corrected chi connectivity index (χ3v) is 4.43. The second-order valence-electron chi connectivity index (χ2n) is 5.50. The molecule has 21 heavy (non-hydrogen) atoms. The molecule has 1 aliphatic heterocycles. The van der Waals surface area contributed by atoms with Crippen LogP contribution in [0.1, 0.15) is 26.3 Å². The number of amides is 1. The van der Waals surface area contributed by atoms with Gasteiger partial charge >= 0.3 is 0 Å². The fourth-order valence-corrected chi connectivity index (χ4v) is 3.06. The Kier molecular flexibility index (Phi) is 4.65. The minimum atomic E-state index is -3.69. The predicted octanol–water partition coefficient (Wildman–Crippen LogP) is 1.46. The number of rotatable bonds is 5. The highest BCUT2D eigenvalue weighted by Gasteiger charge is 2.24. The number of carbonyl (C=O) groups is 1. The first-order chi connectivity index (χ1) is 9.81. The van der Waals surface area contributed by atoms with Crippen molar-refractivity contribution in [2.75, 3.05) is 18.1 Å². The molecule has 0 aromatic heterocycles. The van der Waals surface area contributed by atoms with Gasteiger partial charge in [-0.15, -0.1) is 0 Å². The number of sulfonamides is 1. The van der Waals surface area contributed by atoms with E-state index in [1.54, 1.807) is 17.0 Å². The van der Waals surface area contributed by atoms with E-state index in [1.165, 1.54) is 13.0 Å². The Morgan fingerprint density at radius 2 is 2.14 bits per heavy atom. The number of nitrogens with one attached hydrogen (secondary N) is 1. The molecule has 0 unspecified atom stereocenters. The Hall–Kier alpha value is -1.44. The van der Waals surface area contributed by atoms with E-state index in [1.807, 2.05) is 13.8 Å². The molecule has 1 aliphatic rings. The maximum absolute atomic E-state index is 12.1. The maximum Gasteiger partial charge on any atom is 0.262 e. The van der Waals surface area contributed by atoms with Gasteiger partial charge in [-0.3, -0.25) is 9.63 Å². The first-order valence-electron chi connectivity index (χ1n) is 6.86. The molecule has 1 amide bonds. The molecule has 116 valence electrons. The number of hydrogen-bond donors (Lipinski definition) is 1. The summed E-state index contributed by atoms with van der Waals surface area (Å²) in [7, 11) is -3.69. The average molecular weight is 312 g/mol. The van der Waals surface area contributed by atoms with E-state index in [0.717, 1.165) is 11.3 Å². The SMILES string of the molecule is CC(=O)N1CCc2cc(S(=O)(=O)NOCC(C)C)ccc21. The Bertz CT molecular complexity index is 640. The lowest BCUT2D eigenvalue weighted by Gasteiger charge is -2.15. The van der Waals surface area contributed by atoms with Crippen molar-refractivity contribution in [1.29, 1.82) is 0 Å². The molecule has 1 aromatic rings. The van der Waals surface area contributed by atoms with Crippen molar-refractivity contribution in [2.24, 2.45) is 5.92 Å². The zero-order valence-corrected chi connectivity index (χ0v) is 13.2. The summed E-state index contributed by atoms with van der Waals surface area (Å²) in [6, 6.07) is 4.75. The van der Waals surface area contributed by atoms with Crippen molar-refractivity contribution in [3.8, 4) is 0 Å². The highest BCUT2D eigenvalue weighted by Crippen LogP contribution is 2.30. The van der Waals surface area contributed by atoms with Crippen LogP contribution in [0.2, 0.25) is 0 Å². The van der Waals surface area contributed by atoms with Gasteiger partial charge in [-0.25, -0.2) is 8.42 Å². The molecule has 1 aromatic carbocycles. The topological polar surface area (TPSA) is 75.7 Å². The molecular formula is C14H20N2O4S. The molecule has 0 radical (unpaired) electrons. The lowest BCUT2D eigenvalue weighted by atomic mass is 10.2. The summed E-state index contributed by atoms with van der Waals surface area (Å²) in [6.07, 6.45) is 0.658. The van der Waals surface area contributed by atoms with Gasteiger partial charge in [-0.2, -0.15) is 0 Å². The normalized spacial score (nSPS) is 14.6. The highest BCUT2D eigenvalue weighted by atomic mass is 32.2.